The van der Waals surface area contributed by atoms with Crippen LogP contribution in [0.3, 0.4) is 0 Å². The predicted octanol–water partition coefficient (Wildman–Crippen LogP) is 0.377. The molecular weight excluding hydrogens is 200 g/mol. The van der Waals surface area contributed by atoms with E-state index in [4.69, 9.17) is 5.84 Å². The zero-order valence-corrected chi connectivity index (χ0v) is 8.45. The predicted molar refractivity (Wildman–Crippen MR) is 53.8 cm³/mol. The summed E-state index contributed by atoms with van der Waals surface area (Å²) in [6.45, 7) is 2.63. The van der Waals surface area contributed by atoms with Crippen LogP contribution in [0, 0.1) is 6.92 Å². The summed E-state index contributed by atoms with van der Waals surface area (Å²) < 4.78 is 2.00. The van der Waals surface area contributed by atoms with Gasteiger partial charge in [0.25, 0.3) is 0 Å². The quantitative estimate of drug-likeness (QED) is 0.565. The molecule has 2 aromatic heterocycles. The Bertz CT molecular complexity index is 419. The highest BCUT2D eigenvalue weighted by Gasteiger charge is 2.04. The van der Waals surface area contributed by atoms with Crippen LogP contribution >= 0.6 is 11.3 Å². The lowest BCUT2D eigenvalue weighted by Crippen LogP contribution is -2.05. The SMILES string of the molecule is Cc1nccn1Cc1nnc(NN)s1. The molecule has 0 aliphatic rings. The molecule has 2 rings (SSSR count). The topological polar surface area (TPSA) is 81.7 Å². The van der Waals surface area contributed by atoms with Gasteiger partial charge in [-0.15, -0.1) is 10.2 Å². The highest BCUT2D eigenvalue weighted by molar-refractivity contribution is 7.15. The molecule has 0 aromatic carbocycles. The number of nitrogens with two attached hydrogens (primary N) is 1. The third kappa shape index (κ3) is 1.73. The lowest BCUT2D eigenvalue weighted by atomic mass is 10.6. The Hall–Kier alpha value is -1.47. The maximum Gasteiger partial charge on any atom is 0.219 e. The van der Waals surface area contributed by atoms with E-state index in [0.29, 0.717) is 11.7 Å². The minimum atomic E-state index is 0.623. The number of nitrogen functional groups attached to an aromatic ring is 1. The van der Waals surface area contributed by atoms with E-state index in [1.807, 2.05) is 17.7 Å². The number of hydrogen-bond donors (Lipinski definition) is 2. The second-order valence-corrected chi connectivity index (χ2v) is 3.81. The van der Waals surface area contributed by atoms with Crippen LogP contribution in [0.4, 0.5) is 5.13 Å². The minimum Gasteiger partial charge on any atom is -0.328 e. The van der Waals surface area contributed by atoms with E-state index in [1.165, 1.54) is 11.3 Å². The first-order valence-corrected chi connectivity index (χ1v) is 4.88. The molecule has 0 amide bonds. The van der Waals surface area contributed by atoms with Gasteiger partial charge in [0.2, 0.25) is 5.13 Å². The summed E-state index contributed by atoms with van der Waals surface area (Å²) in [7, 11) is 0. The fourth-order valence-corrected chi connectivity index (χ4v) is 1.74. The molecule has 7 heteroatoms. The van der Waals surface area contributed by atoms with Gasteiger partial charge in [-0.05, 0) is 6.92 Å². The lowest BCUT2D eigenvalue weighted by Gasteiger charge is -1.99. The molecule has 0 radical (unpaired) electrons. The third-order valence-corrected chi connectivity index (χ3v) is 2.66. The smallest absolute Gasteiger partial charge is 0.219 e. The molecule has 0 saturated heterocycles. The Labute approximate surface area is 84.8 Å². The first kappa shape index (κ1) is 9.10. The third-order valence-electron chi connectivity index (χ3n) is 1.82. The number of rotatable bonds is 3. The molecule has 3 N–H and O–H groups in total. The van der Waals surface area contributed by atoms with E-state index >= 15 is 0 Å². The molecule has 2 heterocycles. The van der Waals surface area contributed by atoms with Crippen LogP contribution in [0.15, 0.2) is 12.4 Å². The Kier molecular flexibility index (Phi) is 2.42. The van der Waals surface area contributed by atoms with Crippen molar-refractivity contribution in [1.29, 1.82) is 0 Å². The first-order valence-electron chi connectivity index (χ1n) is 4.06. The molecule has 6 nitrogen and oxygen atoms in total. The second-order valence-electron chi connectivity index (χ2n) is 2.75. The molecule has 0 fully saturated rings. The Balaban J connectivity index is 2.15. The highest BCUT2D eigenvalue weighted by Crippen LogP contribution is 2.15. The Morgan fingerprint density at radius 1 is 1.57 bits per heavy atom. The van der Waals surface area contributed by atoms with Gasteiger partial charge in [-0.2, -0.15) is 0 Å². The molecular formula is C7H10N6S. The summed E-state index contributed by atoms with van der Waals surface area (Å²) in [6.07, 6.45) is 3.67. The zero-order chi connectivity index (χ0) is 9.97. The van der Waals surface area contributed by atoms with E-state index in [0.717, 1.165) is 10.8 Å². The van der Waals surface area contributed by atoms with E-state index in [2.05, 4.69) is 20.6 Å². The fourth-order valence-electron chi connectivity index (χ4n) is 1.09. The van der Waals surface area contributed by atoms with Crippen LogP contribution in [0.5, 0.6) is 0 Å². The standard InChI is InChI=1S/C7H10N6S/c1-5-9-2-3-13(5)4-6-11-12-7(10-8)14-6/h2-3H,4,8H2,1H3,(H,10,12). The van der Waals surface area contributed by atoms with Gasteiger partial charge in [0.05, 0.1) is 6.54 Å². The number of hydrogen-bond acceptors (Lipinski definition) is 6. The summed E-state index contributed by atoms with van der Waals surface area (Å²) in [4.78, 5) is 4.12. The molecule has 0 spiro atoms. The van der Waals surface area contributed by atoms with Crippen molar-refractivity contribution in [2.75, 3.05) is 5.43 Å². The molecule has 0 aliphatic carbocycles. The van der Waals surface area contributed by atoms with Gasteiger partial charge in [-0.1, -0.05) is 11.3 Å². The second kappa shape index (κ2) is 3.72. The number of aromatic nitrogens is 4. The zero-order valence-electron chi connectivity index (χ0n) is 7.64. The van der Waals surface area contributed by atoms with Crippen LogP contribution < -0.4 is 11.3 Å². The minimum absolute atomic E-state index is 0.623. The number of nitrogens with one attached hydrogen (secondary N) is 1. The van der Waals surface area contributed by atoms with Crippen molar-refractivity contribution in [2.45, 2.75) is 13.5 Å². The fraction of sp³-hybridized carbons (Fsp3) is 0.286. The lowest BCUT2D eigenvalue weighted by molar-refractivity contribution is 0.746. The number of aryl methyl sites for hydroxylation is 1. The van der Waals surface area contributed by atoms with E-state index < -0.39 is 0 Å². The van der Waals surface area contributed by atoms with Gasteiger partial charge in [-0.3, -0.25) is 5.43 Å². The Morgan fingerprint density at radius 3 is 3.00 bits per heavy atom. The van der Waals surface area contributed by atoms with Crippen molar-refractivity contribution < 1.29 is 0 Å². The number of anilines is 1. The summed E-state index contributed by atoms with van der Waals surface area (Å²) in [6, 6.07) is 0. The van der Waals surface area contributed by atoms with Crippen LogP contribution in [0.1, 0.15) is 10.8 Å². The molecule has 2 aromatic rings. The normalized spacial score (nSPS) is 10.4. The molecule has 0 bridgehead atoms. The average Bonchev–Trinajstić information content (AvgIpc) is 2.77. The van der Waals surface area contributed by atoms with E-state index in [-0.39, 0.29) is 0 Å². The number of imidazole rings is 1. The van der Waals surface area contributed by atoms with Crippen LogP contribution in [0.2, 0.25) is 0 Å². The van der Waals surface area contributed by atoms with Gasteiger partial charge < -0.3 is 4.57 Å². The number of hydrazine groups is 1. The van der Waals surface area contributed by atoms with Crippen molar-refractivity contribution in [2.24, 2.45) is 5.84 Å². The summed E-state index contributed by atoms with van der Waals surface area (Å²) in [5.41, 5.74) is 2.46. The maximum atomic E-state index is 5.21. The van der Waals surface area contributed by atoms with E-state index in [9.17, 15) is 0 Å². The molecule has 0 aliphatic heterocycles. The molecule has 14 heavy (non-hydrogen) atoms. The van der Waals surface area contributed by atoms with Crippen molar-refractivity contribution in [3.8, 4) is 0 Å². The van der Waals surface area contributed by atoms with E-state index in [1.54, 1.807) is 6.20 Å². The summed E-state index contributed by atoms with van der Waals surface area (Å²) >= 11 is 1.43. The van der Waals surface area contributed by atoms with Crippen molar-refractivity contribution in [1.82, 2.24) is 19.7 Å². The Morgan fingerprint density at radius 2 is 2.43 bits per heavy atom. The number of nitrogens with zero attached hydrogens (tertiary/aromatic N) is 4. The summed E-state index contributed by atoms with van der Waals surface area (Å²) in [5.74, 6) is 6.17. The molecule has 0 atom stereocenters. The highest BCUT2D eigenvalue weighted by atomic mass is 32.1. The van der Waals surface area contributed by atoms with Crippen LogP contribution in [-0.2, 0) is 6.54 Å². The largest absolute Gasteiger partial charge is 0.328 e. The van der Waals surface area contributed by atoms with Gasteiger partial charge in [-0.25, -0.2) is 10.8 Å². The average molecular weight is 210 g/mol. The van der Waals surface area contributed by atoms with Crippen LogP contribution in [-0.4, -0.2) is 19.7 Å². The summed E-state index contributed by atoms with van der Waals surface area (Å²) in [5, 5.41) is 9.35. The molecule has 0 saturated carbocycles. The monoisotopic (exact) mass is 210 g/mol. The molecule has 0 unspecified atom stereocenters. The maximum absolute atomic E-state index is 5.21. The van der Waals surface area contributed by atoms with Crippen molar-refractivity contribution >= 4 is 16.5 Å². The first-order chi connectivity index (χ1) is 6.79. The van der Waals surface area contributed by atoms with Crippen molar-refractivity contribution in [3.05, 3.63) is 23.2 Å². The van der Waals surface area contributed by atoms with Gasteiger partial charge in [0.15, 0.2) is 0 Å². The van der Waals surface area contributed by atoms with Gasteiger partial charge >= 0.3 is 0 Å². The molecule has 74 valence electrons. The van der Waals surface area contributed by atoms with Crippen LogP contribution in [0.25, 0.3) is 0 Å². The van der Waals surface area contributed by atoms with Gasteiger partial charge in [0.1, 0.15) is 10.8 Å². The van der Waals surface area contributed by atoms with Gasteiger partial charge in [0, 0.05) is 12.4 Å². The van der Waals surface area contributed by atoms with Crippen molar-refractivity contribution in [3.63, 3.8) is 0 Å².